The number of rotatable bonds is 9. The molecule has 1 saturated heterocycles. The van der Waals surface area contributed by atoms with Crippen molar-refractivity contribution >= 4 is 60.7 Å². The third kappa shape index (κ3) is 5.85. The summed E-state index contributed by atoms with van der Waals surface area (Å²) in [4.78, 5) is 17.9. The van der Waals surface area contributed by atoms with Crippen LogP contribution in [0.3, 0.4) is 0 Å². The number of sulfonamides is 1. The van der Waals surface area contributed by atoms with Crippen LogP contribution in [0.2, 0.25) is 10.0 Å². The third-order valence-corrected chi connectivity index (χ3v) is 9.56. The van der Waals surface area contributed by atoms with E-state index in [9.17, 15) is 13.2 Å². The predicted octanol–water partition coefficient (Wildman–Crippen LogP) is 4.59. The molecular weight excluding hydrogens is 545 g/mol. The molecular formula is C24H27Cl2N3O5S2. The summed E-state index contributed by atoms with van der Waals surface area (Å²) in [5.41, 5.74) is 0.956. The minimum atomic E-state index is -3.71. The molecule has 1 fully saturated rings. The third-order valence-electron chi connectivity index (χ3n) is 5.88. The Morgan fingerprint density at radius 2 is 1.94 bits per heavy atom. The van der Waals surface area contributed by atoms with Gasteiger partial charge < -0.3 is 14.0 Å². The molecule has 4 rings (SSSR count). The van der Waals surface area contributed by atoms with Gasteiger partial charge in [0, 0.05) is 38.9 Å². The molecule has 0 N–H and O–H groups in total. The summed E-state index contributed by atoms with van der Waals surface area (Å²) in [6.07, 6.45) is 1.68. The van der Waals surface area contributed by atoms with Crippen LogP contribution >= 0.6 is 34.5 Å². The number of hydrogen-bond acceptors (Lipinski definition) is 6. The largest absolute Gasteiger partial charge is 0.380 e. The number of aromatic nitrogens is 1. The van der Waals surface area contributed by atoms with Crippen molar-refractivity contribution in [3.8, 4) is 0 Å². The minimum absolute atomic E-state index is 0.0952. The molecule has 1 aliphatic heterocycles. The second-order valence-corrected chi connectivity index (χ2v) is 12.1. The van der Waals surface area contributed by atoms with Crippen LogP contribution in [0.1, 0.15) is 30.1 Å². The highest BCUT2D eigenvalue weighted by Crippen LogP contribution is 2.32. The van der Waals surface area contributed by atoms with Crippen molar-refractivity contribution in [3.63, 3.8) is 0 Å². The second kappa shape index (κ2) is 11.7. The summed E-state index contributed by atoms with van der Waals surface area (Å²) >= 11 is 14.1. The van der Waals surface area contributed by atoms with Gasteiger partial charge in [-0.1, -0.05) is 34.5 Å². The molecule has 0 bridgehead atoms. The second-order valence-electron chi connectivity index (χ2n) is 8.30. The molecule has 2 heterocycles. The van der Waals surface area contributed by atoms with Gasteiger partial charge in [0.1, 0.15) is 0 Å². The Kier molecular flexibility index (Phi) is 8.87. The number of carbonyl (C=O) groups excluding carboxylic acids is 1. The number of benzene rings is 2. The highest BCUT2D eigenvalue weighted by molar-refractivity contribution is 7.89. The van der Waals surface area contributed by atoms with Gasteiger partial charge in [0.2, 0.25) is 10.0 Å². The van der Waals surface area contributed by atoms with Crippen LogP contribution in [0.4, 0.5) is 0 Å². The average Bonchev–Trinajstić information content (AvgIpc) is 3.50. The van der Waals surface area contributed by atoms with Gasteiger partial charge in [0.15, 0.2) is 4.80 Å². The van der Waals surface area contributed by atoms with E-state index < -0.39 is 15.9 Å². The first kappa shape index (κ1) is 27.3. The molecule has 2 aromatic carbocycles. The molecule has 36 heavy (non-hydrogen) atoms. The van der Waals surface area contributed by atoms with Gasteiger partial charge in [0.25, 0.3) is 5.91 Å². The van der Waals surface area contributed by atoms with E-state index in [-0.39, 0.29) is 23.1 Å². The van der Waals surface area contributed by atoms with Gasteiger partial charge in [0.05, 0.1) is 37.9 Å². The SMILES string of the molecule is CCOCCn1c(=NC(=O)c2ccc(S(=O)(=O)N(C)CC3CCCO3)cc2)sc2c(Cl)ccc(Cl)c21. The quantitative estimate of drug-likeness (QED) is 0.350. The molecule has 1 unspecified atom stereocenters. The van der Waals surface area contributed by atoms with E-state index in [1.165, 1.54) is 47.0 Å². The van der Waals surface area contributed by atoms with Crippen molar-refractivity contribution in [2.75, 3.05) is 33.4 Å². The summed E-state index contributed by atoms with van der Waals surface area (Å²) < 4.78 is 40.8. The molecule has 1 aromatic heterocycles. The molecule has 8 nitrogen and oxygen atoms in total. The Balaban J connectivity index is 1.62. The standard InChI is InChI=1S/C24H27Cl2N3O5S2/c1-3-33-14-12-29-21-19(25)10-11-20(26)22(21)35-24(29)27-23(30)16-6-8-18(9-7-16)36(31,32)28(2)15-17-5-4-13-34-17/h6-11,17H,3-5,12-15H2,1-2H3. The lowest BCUT2D eigenvalue weighted by Gasteiger charge is -2.20. The van der Waals surface area contributed by atoms with Crippen LogP contribution in [0.15, 0.2) is 46.3 Å². The van der Waals surface area contributed by atoms with Gasteiger partial charge in [-0.05, 0) is 56.2 Å². The molecule has 0 spiro atoms. The lowest BCUT2D eigenvalue weighted by Crippen LogP contribution is -2.34. The fourth-order valence-electron chi connectivity index (χ4n) is 3.98. The minimum Gasteiger partial charge on any atom is -0.380 e. The Labute approximate surface area is 224 Å². The number of likely N-dealkylation sites (N-methyl/N-ethyl adjacent to an activating group) is 1. The van der Waals surface area contributed by atoms with Crippen molar-refractivity contribution in [1.29, 1.82) is 0 Å². The maximum Gasteiger partial charge on any atom is 0.279 e. The first-order chi connectivity index (χ1) is 17.2. The van der Waals surface area contributed by atoms with Crippen LogP contribution in [-0.4, -0.2) is 62.7 Å². The van der Waals surface area contributed by atoms with E-state index in [4.69, 9.17) is 32.7 Å². The van der Waals surface area contributed by atoms with Crippen molar-refractivity contribution in [2.45, 2.75) is 37.3 Å². The van der Waals surface area contributed by atoms with Gasteiger partial charge in [-0.15, -0.1) is 0 Å². The number of hydrogen-bond donors (Lipinski definition) is 0. The number of thiazole rings is 1. The van der Waals surface area contributed by atoms with E-state index in [1.54, 1.807) is 12.1 Å². The Bertz CT molecular complexity index is 1410. The molecule has 1 atom stereocenters. The Morgan fingerprint density at radius 1 is 1.22 bits per heavy atom. The zero-order chi connectivity index (χ0) is 25.9. The maximum atomic E-state index is 13.0. The van der Waals surface area contributed by atoms with Crippen LogP contribution in [0.5, 0.6) is 0 Å². The molecule has 12 heteroatoms. The number of ether oxygens (including phenoxy) is 2. The first-order valence-corrected chi connectivity index (χ1v) is 14.6. The first-order valence-electron chi connectivity index (χ1n) is 11.5. The smallest absolute Gasteiger partial charge is 0.279 e. The number of halogens is 2. The van der Waals surface area contributed by atoms with Gasteiger partial charge in [-0.3, -0.25) is 4.79 Å². The van der Waals surface area contributed by atoms with Crippen molar-refractivity contribution in [1.82, 2.24) is 8.87 Å². The molecule has 1 amide bonds. The van der Waals surface area contributed by atoms with Crippen molar-refractivity contribution < 1.29 is 22.7 Å². The highest BCUT2D eigenvalue weighted by Gasteiger charge is 2.26. The number of carbonyl (C=O) groups is 1. The average molecular weight is 573 g/mol. The zero-order valence-corrected chi connectivity index (χ0v) is 23.1. The van der Waals surface area contributed by atoms with E-state index in [2.05, 4.69) is 4.99 Å². The van der Waals surface area contributed by atoms with Crippen LogP contribution in [-0.2, 0) is 26.0 Å². The Hall–Kier alpha value is -1.79. The summed E-state index contributed by atoms with van der Waals surface area (Å²) in [5, 5.41) is 1.01. The summed E-state index contributed by atoms with van der Waals surface area (Å²) in [6.45, 7) is 4.26. The van der Waals surface area contributed by atoms with Gasteiger partial charge >= 0.3 is 0 Å². The van der Waals surface area contributed by atoms with E-state index in [0.29, 0.717) is 46.7 Å². The molecule has 0 aliphatic carbocycles. The molecule has 0 saturated carbocycles. The van der Waals surface area contributed by atoms with E-state index in [1.807, 2.05) is 11.5 Å². The van der Waals surface area contributed by atoms with Crippen molar-refractivity contribution in [3.05, 3.63) is 56.8 Å². The number of fused-ring (bicyclic) bond motifs is 1. The van der Waals surface area contributed by atoms with Crippen molar-refractivity contribution in [2.24, 2.45) is 4.99 Å². The Morgan fingerprint density at radius 3 is 2.61 bits per heavy atom. The van der Waals surface area contributed by atoms with Crippen LogP contribution < -0.4 is 4.80 Å². The fourth-order valence-corrected chi connectivity index (χ4v) is 6.85. The van der Waals surface area contributed by atoms with Gasteiger partial charge in [-0.25, -0.2) is 8.42 Å². The van der Waals surface area contributed by atoms with Crippen LogP contribution in [0.25, 0.3) is 10.2 Å². The highest BCUT2D eigenvalue weighted by atomic mass is 35.5. The molecule has 0 radical (unpaired) electrons. The topological polar surface area (TPSA) is 90.2 Å². The summed E-state index contributed by atoms with van der Waals surface area (Å²) in [5.74, 6) is -0.504. The van der Waals surface area contributed by atoms with E-state index >= 15 is 0 Å². The predicted molar refractivity (Wildman–Crippen MR) is 141 cm³/mol. The molecule has 1 aliphatic rings. The summed E-state index contributed by atoms with van der Waals surface area (Å²) in [7, 11) is -2.18. The van der Waals surface area contributed by atoms with Crippen LogP contribution in [0, 0.1) is 0 Å². The lowest BCUT2D eigenvalue weighted by molar-refractivity contribution is 0.0979. The summed E-state index contributed by atoms with van der Waals surface area (Å²) in [6, 6.07) is 9.19. The number of amides is 1. The lowest BCUT2D eigenvalue weighted by atomic mass is 10.2. The molecule has 3 aromatic rings. The maximum absolute atomic E-state index is 13.0. The zero-order valence-electron chi connectivity index (χ0n) is 19.9. The fraction of sp³-hybridized carbons (Fsp3) is 0.417. The normalized spacial score (nSPS) is 16.9. The van der Waals surface area contributed by atoms with E-state index in [0.717, 1.165) is 17.5 Å². The monoisotopic (exact) mass is 571 g/mol. The number of nitrogens with zero attached hydrogens (tertiary/aromatic N) is 3. The molecule has 194 valence electrons. The van der Waals surface area contributed by atoms with Gasteiger partial charge in [-0.2, -0.15) is 9.30 Å².